The van der Waals surface area contributed by atoms with Gasteiger partial charge in [-0.25, -0.2) is 22.0 Å². The highest BCUT2D eigenvalue weighted by Gasteiger charge is 2.39. The second kappa shape index (κ2) is 7.28. The lowest BCUT2D eigenvalue weighted by Gasteiger charge is -2.33. The molecule has 12 nitrogen and oxygen atoms in total. The summed E-state index contributed by atoms with van der Waals surface area (Å²) in [5.74, 6) is -0.0704. The molecule has 5 N–H and O–H groups in total. The molecule has 1 aromatic carbocycles. The van der Waals surface area contributed by atoms with Gasteiger partial charge in [0, 0.05) is 31.9 Å². The maximum Gasteiger partial charge on any atom is 0.240 e. The summed E-state index contributed by atoms with van der Waals surface area (Å²) in [5, 5.41) is 30.9. The van der Waals surface area contributed by atoms with Crippen molar-refractivity contribution < 1.29 is 21.9 Å². The van der Waals surface area contributed by atoms with Gasteiger partial charge in [-0.1, -0.05) is 0 Å². The number of benzene rings is 1. The average molecular weight is 444 g/mol. The molecule has 0 saturated carbocycles. The van der Waals surface area contributed by atoms with Crippen LogP contribution in [0.2, 0.25) is 0 Å². The van der Waals surface area contributed by atoms with E-state index in [2.05, 4.69) is 25.9 Å². The standard InChI is InChI=1S/C15H21N7O5S2/c16-29(26,27)14-12(28(24,25)10-7-17-8-10)2-1-11(13(14)15-18-20-21-19-15)22-5-3-9(23)4-6-22/h1-2,9-10,17,23H,3-8H2,(H2,16,26,27)(H,18,19,20,21). The Labute approximate surface area is 167 Å². The monoisotopic (exact) mass is 443 g/mol. The van der Waals surface area contributed by atoms with E-state index in [-0.39, 0.29) is 29.4 Å². The number of sulfone groups is 1. The van der Waals surface area contributed by atoms with Crippen molar-refractivity contribution in [3.63, 3.8) is 0 Å². The van der Waals surface area contributed by atoms with E-state index in [1.165, 1.54) is 12.1 Å². The van der Waals surface area contributed by atoms with Crippen LogP contribution in [0.5, 0.6) is 0 Å². The number of nitrogens with two attached hydrogens (primary N) is 1. The van der Waals surface area contributed by atoms with Crippen LogP contribution >= 0.6 is 0 Å². The summed E-state index contributed by atoms with van der Waals surface area (Å²) in [7, 11) is -8.41. The maximum atomic E-state index is 13.1. The Morgan fingerprint density at radius 3 is 2.34 bits per heavy atom. The van der Waals surface area contributed by atoms with Gasteiger partial charge < -0.3 is 15.3 Å². The number of anilines is 1. The summed E-state index contributed by atoms with van der Waals surface area (Å²) < 4.78 is 51.3. The molecule has 158 valence electrons. The minimum Gasteiger partial charge on any atom is -0.393 e. The minimum atomic E-state index is -4.46. The zero-order chi connectivity index (χ0) is 20.8. The first-order valence-electron chi connectivity index (χ1n) is 9.01. The lowest BCUT2D eigenvalue weighted by atomic mass is 10.0. The second-order valence-electron chi connectivity index (χ2n) is 7.11. The van der Waals surface area contributed by atoms with Gasteiger partial charge in [0.05, 0.1) is 21.8 Å². The van der Waals surface area contributed by atoms with Crippen LogP contribution in [-0.4, -0.2) is 80.1 Å². The van der Waals surface area contributed by atoms with Gasteiger partial charge in [-0.2, -0.15) is 5.21 Å². The van der Waals surface area contributed by atoms with Crippen molar-refractivity contribution >= 4 is 25.5 Å². The van der Waals surface area contributed by atoms with Gasteiger partial charge in [0.15, 0.2) is 9.84 Å². The predicted molar refractivity (Wildman–Crippen MR) is 102 cm³/mol. The number of aliphatic hydroxyl groups excluding tert-OH is 1. The number of primary sulfonamides is 1. The number of rotatable bonds is 5. The van der Waals surface area contributed by atoms with Crippen LogP contribution in [0.25, 0.3) is 11.4 Å². The zero-order valence-electron chi connectivity index (χ0n) is 15.3. The Morgan fingerprint density at radius 2 is 1.83 bits per heavy atom. The lowest BCUT2D eigenvalue weighted by Crippen LogP contribution is -2.51. The van der Waals surface area contributed by atoms with Crippen LogP contribution in [0, 0.1) is 0 Å². The first-order valence-corrected chi connectivity index (χ1v) is 12.1. The average Bonchev–Trinajstić information content (AvgIpc) is 3.13. The Kier molecular flexibility index (Phi) is 5.06. The zero-order valence-corrected chi connectivity index (χ0v) is 16.9. The van der Waals surface area contributed by atoms with Crippen LogP contribution in [0.3, 0.4) is 0 Å². The van der Waals surface area contributed by atoms with Crippen LogP contribution in [-0.2, 0) is 19.9 Å². The molecule has 0 spiro atoms. The SMILES string of the molecule is NS(=O)(=O)c1c(S(=O)(=O)C2CNC2)ccc(N2CCC(O)CC2)c1-c1nn[nH]n1. The van der Waals surface area contributed by atoms with E-state index in [4.69, 9.17) is 5.14 Å². The number of nitrogens with one attached hydrogen (secondary N) is 2. The molecule has 2 aliphatic rings. The Bertz CT molecular complexity index is 1110. The lowest BCUT2D eigenvalue weighted by molar-refractivity contribution is 0.145. The molecule has 2 fully saturated rings. The molecule has 0 bridgehead atoms. The third kappa shape index (κ3) is 3.61. The number of aliphatic hydroxyl groups is 1. The van der Waals surface area contributed by atoms with Gasteiger partial charge in [-0.3, -0.25) is 0 Å². The largest absolute Gasteiger partial charge is 0.393 e. The van der Waals surface area contributed by atoms with Gasteiger partial charge in [0.2, 0.25) is 15.8 Å². The topological polar surface area (TPSA) is 184 Å². The molecule has 0 atom stereocenters. The third-order valence-corrected chi connectivity index (χ3v) is 8.53. The number of piperidine rings is 1. The maximum absolute atomic E-state index is 13.1. The number of aromatic amines is 1. The van der Waals surface area contributed by atoms with Crippen molar-refractivity contribution in [3.8, 4) is 11.4 Å². The molecule has 14 heteroatoms. The van der Waals surface area contributed by atoms with E-state index in [0.717, 1.165) is 0 Å². The first-order chi connectivity index (χ1) is 13.7. The molecule has 2 aliphatic heterocycles. The molecule has 2 saturated heterocycles. The van der Waals surface area contributed by atoms with Crippen molar-refractivity contribution in [2.24, 2.45) is 5.14 Å². The van der Waals surface area contributed by atoms with Gasteiger partial charge in [-0.15, -0.1) is 10.2 Å². The van der Waals surface area contributed by atoms with E-state index in [0.29, 0.717) is 31.6 Å². The first kappa shape index (κ1) is 20.2. The summed E-state index contributed by atoms with van der Waals surface area (Å²) in [6, 6.07) is 2.81. The van der Waals surface area contributed by atoms with E-state index in [9.17, 15) is 21.9 Å². The minimum absolute atomic E-state index is 0.00834. The van der Waals surface area contributed by atoms with Crippen molar-refractivity contribution in [2.45, 2.75) is 34.0 Å². The summed E-state index contributed by atoms with van der Waals surface area (Å²) in [6.45, 7) is 1.37. The Balaban J connectivity index is 1.97. The summed E-state index contributed by atoms with van der Waals surface area (Å²) in [5.41, 5.74) is 0.416. The molecule has 0 radical (unpaired) electrons. The highest BCUT2D eigenvalue weighted by molar-refractivity contribution is 7.94. The van der Waals surface area contributed by atoms with Crippen LogP contribution in [0.15, 0.2) is 21.9 Å². The molecule has 0 amide bonds. The number of H-pyrrole nitrogens is 1. The summed E-state index contributed by atoms with van der Waals surface area (Å²) in [6.07, 6.45) is 0.539. The van der Waals surface area contributed by atoms with Crippen LogP contribution in [0.1, 0.15) is 12.8 Å². The Morgan fingerprint density at radius 1 is 1.14 bits per heavy atom. The fraction of sp³-hybridized carbons (Fsp3) is 0.533. The molecule has 1 aromatic heterocycles. The van der Waals surface area contributed by atoms with Crippen LogP contribution < -0.4 is 15.4 Å². The molecule has 0 unspecified atom stereocenters. The number of tetrazole rings is 1. The van der Waals surface area contributed by atoms with Crippen molar-refractivity contribution in [3.05, 3.63) is 12.1 Å². The van der Waals surface area contributed by atoms with Gasteiger partial charge in [0.1, 0.15) is 4.90 Å². The Hall–Kier alpha value is -2.13. The van der Waals surface area contributed by atoms with Gasteiger partial charge >= 0.3 is 0 Å². The normalized spacial score (nSPS) is 19.3. The predicted octanol–water partition coefficient (Wildman–Crippen LogP) is -1.78. The number of hydrogen-bond acceptors (Lipinski definition) is 10. The van der Waals surface area contributed by atoms with Gasteiger partial charge in [0.25, 0.3) is 0 Å². The molecule has 3 heterocycles. The molecular weight excluding hydrogens is 422 g/mol. The van der Waals surface area contributed by atoms with E-state index < -0.39 is 36.1 Å². The second-order valence-corrected chi connectivity index (χ2v) is 10.8. The fourth-order valence-corrected chi connectivity index (χ4v) is 6.75. The van der Waals surface area contributed by atoms with Crippen molar-refractivity contribution in [1.29, 1.82) is 0 Å². The number of sulfonamides is 1. The summed E-state index contributed by atoms with van der Waals surface area (Å²) >= 11 is 0. The highest BCUT2D eigenvalue weighted by Crippen LogP contribution is 2.40. The smallest absolute Gasteiger partial charge is 0.240 e. The highest BCUT2D eigenvalue weighted by atomic mass is 32.2. The fourth-order valence-electron chi connectivity index (χ4n) is 3.57. The molecule has 0 aliphatic carbocycles. The van der Waals surface area contributed by atoms with Crippen LogP contribution in [0.4, 0.5) is 5.69 Å². The van der Waals surface area contributed by atoms with E-state index in [1.807, 2.05) is 4.90 Å². The molecule has 4 rings (SSSR count). The number of hydrogen-bond donors (Lipinski definition) is 4. The quantitative estimate of drug-likeness (QED) is 0.412. The molecular formula is C15H21N7O5S2. The van der Waals surface area contributed by atoms with E-state index in [1.54, 1.807) is 0 Å². The molecule has 2 aromatic rings. The molecule has 29 heavy (non-hydrogen) atoms. The third-order valence-electron chi connectivity index (χ3n) is 5.25. The summed E-state index contributed by atoms with van der Waals surface area (Å²) in [4.78, 5) is 0.954. The van der Waals surface area contributed by atoms with Gasteiger partial charge in [-0.05, 0) is 30.2 Å². The van der Waals surface area contributed by atoms with E-state index >= 15 is 0 Å². The van der Waals surface area contributed by atoms with Crippen molar-refractivity contribution in [1.82, 2.24) is 25.9 Å². The van der Waals surface area contributed by atoms with Crippen molar-refractivity contribution in [2.75, 3.05) is 31.1 Å². The number of aromatic nitrogens is 4. The number of nitrogens with zero attached hydrogens (tertiary/aromatic N) is 4.